The Labute approximate surface area is 165 Å². The molecule has 0 bridgehead atoms. The molecule has 7 heteroatoms. The van der Waals surface area contributed by atoms with Gasteiger partial charge in [-0.05, 0) is 47.7 Å². The molecule has 0 fully saturated rings. The summed E-state index contributed by atoms with van der Waals surface area (Å²) in [5, 5.41) is 3.11. The van der Waals surface area contributed by atoms with Crippen LogP contribution in [-0.4, -0.2) is 28.0 Å². The van der Waals surface area contributed by atoms with E-state index in [1.165, 1.54) is 0 Å². The molecule has 28 heavy (non-hydrogen) atoms. The van der Waals surface area contributed by atoms with Crippen LogP contribution in [0, 0.1) is 0 Å². The van der Waals surface area contributed by atoms with Gasteiger partial charge in [0.25, 0.3) is 15.9 Å². The molecule has 0 saturated carbocycles. The number of methoxy groups -OCH3 is 1. The van der Waals surface area contributed by atoms with Crippen LogP contribution in [0.2, 0.25) is 0 Å². The minimum Gasteiger partial charge on any atom is -0.497 e. The fraction of sp³-hybridized carbons (Fsp3) is 0.286. The summed E-state index contributed by atoms with van der Waals surface area (Å²) in [7, 11) is -2.38. The number of allylic oxidation sites excluding steroid dienone is 1. The van der Waals surface area contributed by atoms with E-state index in [0.717, 1.165) is 23.1 Å². The number of sulfonamides is 1. The monoisotopic (exact) mass is 400 g/mol. The first-order chi connectivity index (χ1) is 13.4. The first-order valence-electron chi connectivity index (χ1n) is 9.17. The second-order valence-electron chi connectivity index (χ2n) is 6.54. The molecule has 1 amide bonds. The van der Waals surface area contributed by atoms with E-state index < -0.39 is 22.0 Å². The third-order valence-corrected chi connectivity index (χ3v) is 6.31. The van der Waals surface area contributed by atoms with Crippen molar-refractivity contribution in [2.45, 2.75) is 25.8 Å². The number of nitrogens with one attached hydrogen (secondary N) is 2. The van der Waals surface area contributed by atoms with Crippen molar-refractivity contribution in [1.82, 2.24) is 10.0 Å². The lowest BCUT2D eigenvalue weighted by Crippen LogP contribution is -2.43. The number of fused-ring (bicyclic) bond motifs is 1. The Morgan fingerprint density at radius 2 is 1.93 bits per heavy atom. The number of hydrogen-bond acceptors (Lipinski definition) is 5. The van der Waals surface area contributed by atoms with Crippen LogP contribution in [0.25, 0.3) is 6.08 Å². The van der Waals surface area contributed by atoms with Crippen molar-refractivity contribution >= 4 is 22.0 Å². The summed E-state index contributed by atoms with van der Waals surface area (Å²) in [4.78, 5) is 12.9. The third kappa shape index (κ3) is 4.43. The first kappa shape index (κ1) is 20.1. The quantitative estimate of drug-likeness (QED) is 0.779. The van der Waals surface area contributed by atoms with Gasteiger partial charge >= 0.3 is 0 Å². The van der Waals surface area contributed by atoms with Crippen molar-refractivity contribution in [1.29, 1.82) is 0 Å². The average molecular weight is 401 g/mol. The van der Waals surface area contributed by atoms with Gasteiger partial charge in [0.1, 0.15) is 11.8 Å². The van der Waals surface area contributed by atoms with E-state index in [9.17, 15) is 13.2 Å². The Bertz CT molecular complexity index is 982. The Hall–Kier alpha value is -2.64. The second kappa shape index (κ2) is 8.58. The molecule has 0 aliphatic carbocycles. The number of hydrogen-bond donors (Lipinski definition) is 2. The average Bonchev–Trinajstić information content (AvgIpc) is 2.71. The van der Waals surface area contributed by atoms with Crippen LogP contribution >= 0.6 is 0 Å². The molecule has 148 valence electrons. The Kier molecular flexibility index (Phi) is 6.16. The van der Waals surface area contributed by atoms with E-state index in [1.54, 1.807) is 44.4 Å². The molecular weight excluding hydrogens is 376 g/mol. The van der Waals surface area contributed by atoms with Crippen LogP contribution in [0.5, 0.6) is 5.75 Å². The van der Waals surface area contributed by atoms with Crippen molar-refractivity contribution < 1.29 is 17.9 Å². The van der Waals surface area contributed by atoms with Crippen molar-refractivity contribution in [3.8, 4) is 5.75 Å². The van der Waals surface area contributed by atoms with Gasteiger partial charge in [-0.3, -0.25) is 4.79 Å². The molecule has 0 saturated heterocycles. The SMILES string of the molecule is CCC(=Cc1ccc(OC)cc1)S(=O)(=O)NC(=O)C1NCCc2ccccc21. The zero-order valence-corrected chi connectivity index (χ0v) is 16.8. The van der Waals surface area contributed by atoms with Gasteiger partial charge in [-0.1, -0.05) is 43.3 Å². The van der Waals surface area contributed by atoms with E-state index in [-0.39, 0.29) is 11.3 Å². The highest BCUT2D eigenvalue weighted by Gasteiger charge is 2.29. The number of ether oxygens (including phenoxy) is 1. The third-order valence-electron chi connectivity index (χ3n) is 4.74. The molecule has 0 aromatic heterocycles. The zero-order valence-electron chi connectivity index (χ0n) is 15.9. The van der Waals surface area contributed by atoms with Crippen LogP contribution in [-0.2, 0) is 21.2 Å². The lowest BCUT2D eigenvalue weighted by atomic mass is 9.94. The molecule has 3 rings (SSSR count). The Morgan fingerprint density at radius 1 is 1.21 bits per heavy atom. The summed E-state index contributed by atoms with van der Waals surface area (Å²) in [6.07, 6.45) is 2.64. The highest BCUT2D eigenvalue weighted by atomic mass is 32.2. The standard InChI is InChI=1S/C21H24N2O4S/c1-3-18(14-15-8-10-17(27-2)11-9-15)28(25,26)23-21(24)20-19-7-5-4-6-16(19)12-13-22-20/h4-11,14,20,22H,3,12-13H2,1-2H3,(H,23,24). The van der Waals surface area contributed by atoms with Crippen LogP contribution < -0.4 is 14.8 Å². The number of carbonyl (C=O) groups is 1. The fourth-order valence-corrected chi connectivity index (χ4v) is 4.44. The Balaban J connectivity index is 1.81. The molecule has 0 radical (unpaired) electrons. The van der Waals surface area contributed by atoms with Crippen molar-refractivity contribution in [2.24, 2.45) is 0 Å². The Morgan fingerprint density at radius 3 is 2.61 bits per heavy atom. The fourth-order valence-electron chi connectivity index (χ4n) is 3.25. The van der Waals surface area contributed by atoms with Crippen LogP contribution in [0.15, 0.2) is 53.4 Å². The molecule has 2 N–H and O–H groups in total. The highest BCUT2D eigenvalue weighted by molar-refractivity contribution is 7.94. The van der Waals surface area contributed by atoms with Crippen molar-refractivity contribution in [3.63, 3.8) is 0 Å². The van der Waals surface area contributed by atoms with Gasteiger partial charge in [0.05, 0.1) is 12.0 Å². The molecule has 2 aromatic rings. The highest BCUT2D eigenvalue weighted by Crippen LogP contribution is 2.24. The smallest absolute Gasteiger partial charge is 0.260 e. The van der Waals surface area contributed by atoms with Gasteiger partial charge in [0.15, 0.2) is 0 Å². The number of benzene rings is 2. The first-order valence-corrected chi connectivity index (χ1v) is 10.7. The minimum absolute atomic E-state index is 0.148. The second-order valence-corrected chi connectivity index (χ2v) is 8.28. The number of rotatable bonds is 6. The van der Waals surface area contributed by atoms with Gasteiger partial charge in [-0.2, -0.15) is 0 Å². The molecule has 2 aromatic carbocycles. The van der Waals surface area contributed by atoms with E-state index in [4.69, 9.17) is 4.74 Å². The lowest BCUT2D eigenvalue weighted by molar-refractivity contribution is -0.121. The molecule has 1 aliphatic heterocycles. The van der Waals surface area contributed by atoms with Gasteiger partial charge < -0.3 is 10.1 Å². The molecule has 1 atom stereocenters. The van der Waals surface area contributed by atoms with Crippen molar-refractivity contribution in [3.05, 3.63) is 70.1 Å². The topological polar surface area (TPSA) is 84.5 Å². The molecule has 6 nitrogen and oxygen atoms in total. The molecule has 1 heterocycles. The summed E-state index contributed by atoms with van der Waals surface area (Å²) in [6, 6.07) is 14.0. The van der Waals surface area contributed by atoms with Crippen LogP contribution in [0.3, 0.4) is 0 Å². The minimum atomic E-state index is -3.95. The van der Waals surface area contributed by atoms with Crippen LogP contribution in [0.1, 0.15) is 36.1 Å². The maximum Gasteiger partial charge on any atom is 0.260 e. The van der Waals surface area contributed by atoms with Crippen molar-refractivity contribution in [2.75, 3.05) is 13.7 Å². The summed E-state index contributed by atoms with van der Waals surface area (Å²) >= 11 is 0. The summed E-state index contributed by atoms with van der Waals surface area (Å²) < 4.78 is 33.0. The van der Waals surface area contributed by atoms with E-state index >= 15 is 0 Å². The molecule has 1 aliphatic rings. The van der Waals surface area contributed by atoms with E-state index in [1.807, 2.05) is 24.3 Å². The number of amides is 1. The predicted octanol–water partition coefficient (Wildman–Crippen LogP) is 2.78. The predicted molar refractivity (Wildman–Crippen MR) is 109 cm³/mol. The molecule has 1 unspecified atom stereocenters. The van der Waals surface area contributed by atoms with Crippen LogP contribution in [0.4, 0.5) is 0 Å². The summed E-state index contributed by atoms with van der Waals surface area (Å²) in [6.45, 7) is 2.37. The largest absolute Gasteiger partial charge is 0.497 e. The maximum atomic E-state index is 12.8. The van der Waals surface area contributed by atoms with Gasteiger partial charge in [0.2, 0.25) is 0 Å². The van der Waals surface area contributed by atoms with Gasteiger partial charge in [0, 0.05) is 6.54 Å². The van der Waals surface area contributed by atoms with Gasteiger partial charge in [-0.25, -0.2) is 13.1 Å². The van der Waals surface area contributed by atoms with E-state index in [0.29, 0.717) is 12.3 Å². The van der Waals surface area contributed by atoms with E-state index in [2.05, 4.69) is 10.0 Å². The van der Waals surface area contributed by atoms with Gasteiger partial charge in [-0.15, -0.1) is 0 Å². The normalized spacial score (nSPS) is 16.9. The number of carbonyl (C=O) groups excluding carboxylic acids is 1. The lowest BCUT2D eigenvalue weighted by Gasteiger charge is -2.26. The maximum absolute atomic E-state index is 12.8. The summed E-state index contributed by atoms with van der Waals surface area (Å²) in [5.74, 6) is 0.120. The summed E-state index contributed by atoms with van der Waals surface area (Å²) in [5.41, 5.74) is 2.60. The zero-order chi connectivity index (χ0) is 20.1. The molecular formula is C21H24N2O4S. The molecule has 0 spiro atoms.